The summed E-state index contributed by atoms with van der Waals surface area (Å²) in [5, 5.41) is 7.24. The summed E-state index contributed by atoms with van der Waals surface area (Å²) in [7, 11) is 1.90. The normalized spacial score (nSPS) is 10.7. The van der Waals surface area contributed by atoms with E-state index in [1.807, 2.05) is 24.8 Å². The fraction of sp³-hybridized carbons (Fsp3) is 0.333. The lowest BCUT2D eigenvalue weighted by atomic mass is 10.3. The molecule has 0 amide bonds. The molecule has 0 radical (unpaired) electrons. The molecule has 0 bridgehead atoms. The van der Waals surface area contributed by atoms with E-state index in [4.69, 9.17) is 5.73 Å². The van der Waals surface area contributed by atoms with E-state index in [2.05, 4.69) is 10.1 Å². The highest BCUT2D eigenvalue weighted by Gasteiger charge is 2.05. The molecular weight excluding hydrogens is 196 g/mol. The Bertz CT molecular complexity index is 418. The van der Waals surface area contributed by atoms with Crippen LogP contribution in [0.3, 0.4) is 0 Å². The van der Waals surface area contributed by atoms with Gasteiger partial charge in [0.15, 0.2) is 0 Å². The van der Waals surface area contributed by atoms with Crippen LogP contribution in [0.5, 0.6) is 0 Å². The van der Waals surface area contributed by atoms with E-state index in [9.17, 15) is 0 Å². The molecule has 0 aliphatic heterocycles. The van der Waals surface area contributed by atoms with E-state index in [1.54, 1.807) is 16.0 Å². The number of nitrogens with zero attached hydrogens (tertiary/aromatic N) is 3. The van der Waals surface area contributed by atoms with Gasteiger partial charge in [-0.25, -0.2) is 4.98 Å². The summed E-state index contributed by atoms with van der Waals surface area (Å²) in [5.41, 5.74) is 7.52. The third kappa shape index (κ3) is 1.83. The number of hydrogen-bond donors (Lipinski definition) is 1. The van der Waals surface area contributed by atoms with Gasteiger partial charge < -0.3 is 5.73 Å². The Labute approximate surface area is 86.4 Å². The summed E-state index contributed by atoms with van der Waals surface area (Å²) < 4.78 is 1.78. The smallest absolute Gasteiger partial charge is 0.0945 e. The topological polar surface area (TPSA) is 56.7 Å². The Balaban J connectivity index is 2.24. The molecule has 0 saturated heterocycles. The minimum Gasteiger partial charge on any atom is -0.330 e. The molecule has 5 heteroatoms. The number of aryl methyl sites for hydroxylation is 1. The van der Waals surface area contributed by atoms with E-state index in [0.717, 1.165) is 22.7 Å². The van der Waals surface area contributed by atoms with Gasteiger partial charge in [-0.3, -0.25) is 4.68 Å². The van der Waals surface area contributed by atoms with Gasteiger partial charge in [-0.2, -0.15) is 5.10 Å². The highest BCUT2D eigenvalue weighted by atomic mass is 32.1. The summed E-state index contributed by atoms with van der Waals surface area (Å²) in [4.78, 5) is 4.47. The van der Waals surface area contributed by atoms with Crippen molar-refractivity contribution in [2.75, 3.05) is 6.54 Å². The predicted molar refractivity (Wildman–Crippen MR) is 57.1 cm³/mol. The first-order valence-electron chi connectivity index (χ1n) is 4.43. The maximum Gasteiger partial charge on any atom is 0.0945 e. The molecular formula is C9H12N4S. The van der Waals surface area contributed by atoms with Gasteiger partial charge in [0.05, 0.1) is 16.9 Å². The Morgan fingerprint density at radius 3 is 3.07 bits per heavy atom. The van der Waals surface area contributed by atoms with E-state index >= 15 is 0 Å². The van der Waals surface area contributed by atoms with Crippen LogP contribution >= 0.6 is 11.3 Å². The second kappa shape index (κ2) is 3.89. The molecule has 2 aromatic heterocycles. The lowest BCUT2D eigenvalue weighted by molar-refractivity contribution is 0.768. The maximum absolute atomic E-state index is 5.46. The first-order valence-corrected chi connectivity index (χ1v) is 5.31. The lowest BCUT2D eigenvalue weighted by Gasteiger charge is -1.89. The SMILES string of the molecule is Cn1cc(-c2csc(CCN)n2)cn1. The van der Waals surface area contributed by atoms with Crippen molar-refractivity contribution in [1.29, 1.82) is 0 Å². The second-order valence-corrected chi connectivity index (χ2v) is 4.01. The molecule has 4 nitrogen and oxygen atoms in total. The standard InChI is InChI=1S/C9H12N4S/c1-13-5-7(4-11-13)8-6-14-9(12-8)2-3-10/h4-6H,2-3,10H2,1H3. The van der Waals surface area contributed by atoms with Crippen LogP contribution in [0.15, 0.2) is 17.8 Å². The largest absolute Gasteiger partial charge is 0.330 e. The molecule has 0 spiro atoms. The van der Waals surface area contributed by atoms with E-state index in [0.29, 0.717) is 6.54 Å². The van der Waals surface area contributed by atoms with Gasteiger partial charge in [0.1, 0.15) is 0 Å². The summed E-state index contributed by atoms with van der Waals surface area (Å²) in [5.74, 6) is 0. The van der Waals surface area contributed by atoms with Crippen LogP contribution in [0.4, 0.5) is 0 Å². The molecule has 2 N–H and O–H groups in total. The molecule has 0 aliphatic carbocycles. The monoisotopic (exact) mass is 208 g/mol. The third-order valence-corrected chi connectivity index (χ3v) is 2.82. The molecule has 2 heterocycles. The highest BCUT2D eigenvalue weighted by molar-refractivity contribution is 7.09. The van der Waals surface area contributed by atoms with Crippen LogP contribution in [-0.4, -0.2) is 21.3 Å². The number of hydrogen-bond acceptors (Lipinski definition) is 4. The van der Waals surface area contributed by atoms with Crippen LogP contribution in [0.25, 0.3) is 11.3 Å². The van der Waals surface area contributed by atoms with E-state index in [-0.39, 0.29) is 0 Å². The van der Waals surface area contributed by atoms with Crippen LogP contribution < -0.4 is 5.73 Å². The Hall–Kier alpha value is -1.20. The fourth-order valence-corrected chi connectivity index (χ4v) is 2.06. The van der Waals surface area contributed by atoms with Gasteiger partial charge in [-0.05, 0) is 6.54 Å². The van der Waals surface area contributed by atoms with E-state index < -0.39 is 0 Å². The van der Waals surface area contributed by atoms with Crippen LogP contribution in [-0.2, 0) is 13.5 Å². The average molecular weight is 208 g/mol. The quantitative estimate of drug-likeness (QED) is 0.820. The van der Waals surface area contributed by atoms with Crippen molar-refractivity contribution in [3.05, 3.63) is 22.8 Å². The molecule has 0 aromatic carbocycles. The van der Waals surface area contributed by atoms with Gasteiger partial charge in [0.2, 0.25) is 0 Å². The summed E-state index contributed by atoms with van der Waals surface area (Å²) in [6.45, 7) is 0.653. The van der Waals surface area contributed by atoms with Crippen molar-refractivity contribution in [3.8, 4) is 11.3 Å². The van der Waals surface area contributed by atoms with Crippen molar-refractivity contribution in [3.63, 3.8) is 0 Å². The summed E-state index contributed by atoms with van der Waals surface area (Å²) >= 11 is 1.65. The summed E-state index contributed by atoms with van der Waals surface area (Å²) in [6, 6.07) is 0. The van der Waals surface area contributed by atoms with Gasteiger partial charge in [-0.15, -0.1) is 11.3 Å². The molecule has 0 aliphatic rings. The maximum atomic E-state index is 5.46. The van der Waals surface area contributed by atoms with Gasteiger partial charge in [-0.1, -0.05) is 0 Å². The van der Waals surface area contributed by atoms with Crippen molar-refractivity contribution in [1.82, 2.24) is 14.8 Å². The van der Waals surface area contributed by atoms with Crippen molar-refractivity contribution in [2.24, 2.45) is 12.8 Å². The first kappa shape index (κ1) is 9.36. The molecule has 0 unspecified atom stereocenters. The molecule has 0 atom stereocenters. The Morgan fingerprint density at radius 1 is 1.57 bits per heavy atom. The zero-order valence-electron chi connectivity index (χ0n) is 7.97. The van der Waals surface area contributed by atoms with Gasteiger partial charge in [0.25, 0.3) is 0 Å². The minimum atomic E-state index is 0.653. The van der Waals surface area contributed by atoms with Crippen LogP contribution in [0, 0.1) is 0 Å². The Morgan fingerprint density at radius 2 is 2.43 bits per heavy atom. The molecule has 2 aromatic rings. The predicted octanol–water partition coefficient (Wildman–Crippen LogP) is 1.04. The lowest BCUT2D eigenvalue weighted by Crippen LogP contribution is -2.01. The van der Waals surface area contributed by atoms with Crippen molar-refractivity contribution < 1.29 is 0 Å². The minimum absolute atomic E-state index is 0.653. The zero-order chi connectivity index (χ0) is 9.97. The van der Waals surface area contributed by atoms with E-state index in [1.165, 1.54) is 0 Å². The number of thiazole rings is 1. The Kier molecular flexibility index (Phi) is 2.60. The first-order chi connectivity index (χ1) is 6.79. The van der Waals surface area contributed by atoms with Crippen LogP contribution in [0.1, 0.15) is 5.01 Å². The number of rotatable bonds is 3. The summed E-state index contributed by atoms with van der Waals surface area (Å²) in [6.07, 6.45) is 4.63. The number of nitrogens with two attached hydrogens (primary N) is 1. The fourth-order valence-electron chi connectivity index (χ4n) is 1.24. The highest BCUT2D eigenvalue weighted by Crippen LogP contribution is 2.20. The second-order valence-electron chi connectivity index (χ2n) is 3.07. The molecule has 2 rings (SSSR count). The average Bonchev–Trinajstić information content (AvgIpc) is 2.74. The molecule has 0 saturated carbocycles. The van der Waals surface area contributed by atoms with Crippen molar-refractivity contribution in [2.45, 2.75) is 6.42 Å². The van der Waals surface area contributed by atoms with Gasteiger partial charge >= 0.3 is 0 Å². The number of aromatic nitrogens is 3. The zero-order valence-corrected chi connectivity index (χ0v) is 8.79. The van der Waals surface area contributed by atoms with Crippen molar-refractivity contribution >= 4 is 11.3 Å². The molecule has 74 valence electrons. The molecule has 14 heavy (non-hydrogen) atoms. The third-order valence-electron chi connectivity index (χ3n) is 1.91. The molecule has 0 fully saturated rings. The van der Waals surface area contributed by atoms with Crippen LogP contribution in [0.2, 0.25) is 0 Å². The van der Waals surface area contributed by atoms with Gasteiger partial charge in [0, 0.05) is 30.6 Å².